The van der Waals surface area contributed by atoms with Crippen LogP contribution in [0.4, 0.5) is 0 Å². The van der Waals surface area contributed by atoms with Gasteiger partial charge in [-0.05, 0) is 30.7 Å². The molecule has 10 heteroatoms. The predicted molar refractivity (Wildman–Crippen MR) is 103 cm³/mol. The third-order valence-electron chi connectivity index (χ3n) is 3.74. The molecule has 0 saturated carbocycles. The lowest BCUT2D eigenvalue weighted by molar-refractivity contribution is 0.415. The molecule has 0 aliphatic rings. The Balaban J connectivity index is 1.85. The zero-order valence-electron chi connectivity index (χ0n) is 14.7. The fraction of sp³-hybridized carbons (Fsp3) is 0.294. The van der Waals surface area contributed by atoms with Gasteiger partial charge in [-0.1, -0.05) is 23.9 Å². The van der Waals surface area contributed by atoms with Crippen LogP contribution in [0.2, 0.25) is 0 Å². The Morgan fingerprint density at radius 2 is 2.11 bits per heavy atom. The molecule has 0 aliphatic heterocycles. The SMILES string of the molecule is COc1cccc(-c2nnc(SCCCS(N)(=O)=O)n2Cc2ccco2)c1. The van der Waals surface area contributed by atoms with Gasteiger partial charge >= 0.3 is 0 Å². The van der Waals surface area contributed by atoms with Crippen LogP contribution in [0.5, 0.6) is 5.75 Å². The Morgan fingerprint density at radius 3 is 2.81 bits per heavy atom. The normalized spacial score (nSPS) is 11.6. The number of primary sulfonamides is 1. The first-order chi connectivity index (χ1) is 13.0. The highest BCUT2D eigenvalue weighted by molar-refractivity contribution is 7.99. The molecule has 0 saturated heterocycles. The van der Waals surface area contributed by atoms with Crippen LogP contribution in [-0.2, 0) is 16.6 Å². The first-order valence-corrected chi connectivity index (χ1v) is 10.9. The van der Waals surface area contributed by atoms with Crippen LogP contribution in [-0.4, -0.2) is 41.8 Å². The lowest BCUT2D eigenvalue weighted by Gasteiger charge is -2.09. The van der Waals surface area contributed by atoms with Crippen LogP contribution in [0.15, 0.2) is 52.2 Å². The van der Waals surface area contributed by atoms with Crippen molar-refractivity contribution in [3.8, 4) is 17.1 Å². The number of aromatic nitrogens is 3. The van der Waals surface area contributed by atoms with Gasteiger partial charge in [-0.15, -0.1) is 10.2 Å². The van der Waals surface area contributed by atoms with Gasteiger partial charge in [0.25, 0.3) is 0 Å². The zero-order valence-corrected chi connectivity index (χ0v) is 16.4. The number of furan rings is 1. The lowest BCUT2D eigenvalue weighted by Crippen LogP contribution is -2.16. The smallest absolute Gasteiger partial charge is 0.209 e. The molecular weight excluding hydrogens is 388 g/mol. The summed E-state index contributed by atoms with van der Waals surface area (Å²) in [4.78, 5) is 0. The summed E-state index contributed by atoms with van der Waals surface area (Å²) >= 11 is 1.43. The van der Waals surface area contributed by atoms with E-state index in [0.717, 1.165) is 17.1 Å². The molecule has 8 nitrogen and oxygen atoms in total. The summed E-state index contributed by atoms with van der Waals surface area (Å²) in [5.74, 6) is 2.67. The van der Waals surface area contributed by atoms with Gasteiger partial charge in [0.05, 0.1) is 25.7 Å². The number of thioether (sulfide) groups is 1. The average Bonchev–Trinajstić information content (AvgIpc) is 3.29. The third-order valence-corrected chi connectivity index (χ3v) is 5.65. The van der Waals surface area contributed by atoms with Crippen molar-refractivity contribution in [3.63, 3.8) is 0 Å². The van der Waals surface area contributed by atoms with E-state index < -0.39 is 10.0 Å². The number of hydrogen-bond acceptors (Lipinski definition) is 7. The highest BCUT2D eigenvalue weighted by Gasteiger charge is 2.16. The quantitative estimate of drug-likeness (QED) is 0.427. The van der Waals surface area contributed by atoms with E-state index in [2.05, 4.69) is 10.2 Å². The van der Waals surface area contributed by atoms with E-state index in [1.807, 2.05) is 41.0 Å². The van der Waals surface area contributed by atoms with Gasteiger partial charge in [-0.25, -0.2) is 13.6 Å². The molecule has 0 aliphatic carbocycles. The standard InChI is InChI=1S/C17H20N4O4S2/c1-24-14-6-2-5-13(11-14)16-19-20-17(26-9-4-10-27(18,22)23)21(16)12-15-7-3-8-25-15/h2-3,5-8,11H,4,9-10,12H2,1H3,(H2,18,22,23). The molecule has 2 heterocycles. The highest BCUT2D eigenvalue weighted by atomic mass is 32.2. The maximum atomic E-state index is 11.1. The molecule has 2 N–H and O–H groups in total. The Hall–Kier alpha value is -2.30. The van der Waals surface area contributed by atoms with Crippen LogP contribution in [0, 0.1) is 0 Å². The molecule has 0 atom stereocenters. The van der Waals surface area contributed by atoms with Gasteiger partial charge < -0.3 is 9.15 Å². The highest BCUT2D eigenvalue weighted by Crippen LogP contribution is 2.27. The van der Waals surface area contributed by atoms with Gasteiger partial charge in [0, 0.05) is 11.3 Å². The van der Waals surface area contributed by atoms with E-state index in [9.17, 15) is 8.42 Å². The van der Waals surface area contributed by atoms with Crippen molar-refractivity contribution in [3.05, 3.63) is 48.4 Å². The third kappa shape index (κ3) is 5.34. The Morgan fingerprint density at radius 1 is 1.26 bits per heavy atom. The van der Waals surface area contributed by atoms with Crippen molar-refractivity contribution in [1.29, 1.82) is 0 Å². The molecule has 0 amide bonds. The maximum Gasteiger partial charge on any atom is 0.209 e. The Labute approximate surface area is 161 Å². The molecule has 0 unspecified atom stereocenters. The van der Waals surface area contributed by atoms with Gasteiger partial charge in [-0.3, -0.25) is 4.57 Å². The number of nitrogens with two attached hydrogens (primary N) is 1. The molecule has 27 heavy (non-hydrogen) atoms. The summed E-state index contributed by atoms with van der Waals surface area (Å²) in [5, 5.41) is 14.3. The van der Waals surface area contributed by atoms with E-state index >= 15 is 0 Å². The average molecular weight is 409 g/mol. The molecule has 144 valence electrons. The molecule has 0 bridgehead atoms. The summed E-state index contributed by atoms with van der Waals surface area (Å²) in [6.07, 6.45) is 2.05. The van der Waals surface area contributed by atoms with Gasteiger partial charge in [0.1, 0.15) is 11.5 Å². The number of sulfonamides is 1. The minimum Gasteiger partial charge on any atom is -0.497 e. The fourth-order valence-electron chi connectivity index (χ4n) is 2.50. The van der Waals surface area contributed by atoms with Gasteiger partial charge in [0.15, 0.2) is 11.0 Å². The molecule has 3 aromatic rings. The number of nitrogens with zero attached hydrogens (tertiary/aromatic N) is 3. The molecule has 0 radical (unpaired) electrons. The van der Waals surface area contributed by atoms with Crippen LogP contribution < -0.4 is 9.88 Å². The first kappa shape index (κ1) is 19.5. The van der Waals surface area contributed by atoms with Crippen molar-refractivity contribution in [1.82, 2.24) is 14.8 Å². The number of methoxy groups -OCH3 is 1. The minimum absolute atomic E-state index is 0.0605. The van der Waals surface area contributed by atoms with E-state index in [1.165, 1.54) is 11.8 Å². The molecule has 1 aromatic carbocycles. The summed E-state index contributed by atoms with van der Waals surface area (Å²) in [6.45, 7) is 0.462. The van der Waals surface area contributed by atoms with Crippen molar-refractivity contribution in [2.45, 2.75) is 18.1 Å². The van der Waals surface area contributed by atoms with Gasteiger partial charge in [-0.2, -0.15) is 0 Å². The van der Waals surface area contributed by atoms with E-state index in [4.69, 9.17) is 14.3 Å². The summed E-state index contributed by atoms with van der Waals surface area (Å²) in [6, 6.07) is 11.3. The lowest BCUT2D eigenvalue weighted by atomic mass is 10.2. The zero-order chi connectivity index (χ0) is 19.3. The van der Waals surface area contributed by atoms with Crippen molar-refractivity contribution >= 4 is 21.8 Å². The summed E-state index contributed by atoms with van der Waals surface area (Å²) in [7, 11) is -1.85. The second-order valence-corrected chi connectivity index (χ2v) is 8.57. The van der Waals surface area contributed by atoms with E-state index in [0.29, 0.717) is 29.7 Å². The summed E-state index contributed by atoms with van der Waals surface area (Å²) in [5.41, 5.74) is 0.866. The maximum absolute atomic E-state index is 11.1. The second kappa shape index (κ2) is 8.59. The topological polar surface area (TPSA) is 113 Å². The Bertz CT molecular complexity index is 984. The monoisotopic (exact) mass is 408 g/mol. The van der Waals surface area contributed by atoms with E-state index in [-0.39, 0.29) is 5.75 Å². The van der Waals surface area contributed by atoms with Crippen LogP contribution in [0.3, 0.4) is 0 Å². The number of rotatable bonds is 9. The Kier molecular flexibility index (Phi) is 6.19. The van der Waals surface area contributed by atoms with E-state index in [1.54, 1.807) is 13.4 Å². The number of ether oxygens (including phenoxy) is 1. The number of hydrogen-bond donors (Lipinski definition) is 1. The molecule has 0 spiro atoms. The van der Waals surface area contributed by atoms with Crippen molar-refractivity contribution in [2.24, 2.45) is 5.14 Å². The molecule has 0 fully saturated rings. The van der Waals surface area contributed by atoms with Crippen LogP contribution in [0.1, 0.15) is 12.2 Å². The molecule has 3 rings (SSSR count). The first-order valence-electron chi connectivity index (χ1n) is 8.19. The molecule has 2 aromatic heterocycles. The van der Waals surface area contributed by atoms with Gasteiger partial charge in [0.2, 0.25) is 10.0 Å². The number of benzene rings is 1. The second-order valence-electron chi connectivity index (χ2n) is 5.77. The van der Waals surface area contributed by atoms with Crippen LogP contribution in [0.25, 0.3) is 11.4 Å². The molecular formula is C17H20N4O4S2. The van der Waals surface area contributed by atoms with Crippen molar-refractivity contribution in [2.75, 3.05) is 18.6 Å². The van der Waals surface area contributed by atoms with Crippen LogP contribution >= 0.6 is 11.8 Å². The summed E-state index contributed by atoms with van der Waals surface area (Å²) < 4.78 is 34.9. The predicted octanol–water partition coefficient (Wildman–Crippen LogP) is 2.37. The largest absolute Gasteiger partial charge is 0.497 e. The minimum atomic E-state index is -3.46. The van der Waals surface area contributed by atoms with Crippen molar-refractivity contribution < 1.29 is 17.6 Å². The fourth-order valence-corrected chi connectivity index (χ4v) is 4.10.